The van der Waals surface area contributed by atoms with Crippen LogP contribution in [-0.4, -0.2) is 37.9 Å². The fourth-order valence-corrected chi connectivity index (χ4v) is 4.96. The van der Waals surface area contributed by atoms with Gasteiger partial charge in [0.2, 0.25) is 0 Å². The van der Waals surface area contributed by atoms with Crippen LogP contribution in [-0.2, 0) is 5.41 Å². The maximum Gasteiger partial charge on any atom is 0.0821 e. The lowest BCUT2D eigenvalue weighted by Crippen LogP contribution is -2.38. The smallest absolute Gasteiger partial charge is 0.0821 e. The zero-order chi connectivity index (χ0) is 22.9. The molecule has 1 aromatic rings. The van der Waals surface area contributed by atoms with E-state index in [9.17, 15) is 0 Å². The number of nitrogens with one attached hydrogen (secondary N) is 1. The summed E-state index contributed by atoms with van der Waals surface area (Å²) < 4.78 is 0. The van der Waals surface area contributed by atoms with Crippen molar-refractivity contribution in [2.45, 2.75) is 77.2 Å². The largest absolute Gasteiger partial charge is 0.374 e. The van der Waals surface area contributed by atoms with Gasteiger partial charge in [-0.3, -0.25) is 4.99 Å². The minimum atomic E-state index is 0.169. The van der Waals surface area contributed by atoms with Crippen LogP contribution in [0.5, 0.6) is 0 Å². The van der Waals surface area contributed by atoms with Crippen LogP contribution >= 0.6 is 0 Å². The zero-order valence-corrected chi connectivity index (χ0v) is 20.5. The van der Waals surface area contributed by atoms with Gasteiger partial charge in [0.1, 0.15) is 0 Å². The van der Waals surface area contributed by atoms with E-state index in [1.807, 2.05) is 6.08 Å². The molecule has 1 unspecified atom stereocenters. The fraction of sp³-hybridized carbons (Fsp3) is 0.536. The molecule has 1 saturated carbocycles. The SMILES string of the molecule is C=C/C=C(\CC1(c2cc(C)cc(C)c2)CCCCCC1)C(=C)N(C)C(C)CN/C=N\C. The Balaban J connectivity index is 2.36. The summed E-state index contributed by atoms with van der Waals surface area (Å²) in [5.74, 6) is 0. The average Bonchev–Trinajstić information content (AvgIpc) is 2.98. The van der Waals surface area contributed by atoms with Gasteiger partial charge >= 0.3 is 0 Å². The van der Waals surface area contributed by atoms with Crippen LogP contribution in [0, 0.1) is 13.8 Å². The molecule has 31 heavy (non-hydrogen) atoms. The Morgan fingerprint density at radius 2 is 1.77 bits per heavy atom. The number of allylic oxidation sites excluding steroid dienone is 3. The molecule has 3 nitrogen and oxygen atoms in total. The average molecular weight is 422 g/mol. The Hall–Kier alpha value is -2.29. The summed E-state index contributed by atoms with van der Waals surface area (Å²) in [5, 5.41) is 3.26. The number of aryl methyl sites for hydroxylation is 2. The predicted octanol–water partition coefficient (Wildman–Crippen LogP) is 6.48. The molecule has 1 N–H and O–H groups in total. The van der Waals surface area contributed by atoms with E-state index in [0.717, 1.165) is 18.7 Å². The van der Waals surface area contributed by atoms with Crippen molar-refractivity contribution in [1.82, 2.24) is 10.2 Å². The standard InChI is InChI=1S/C28H43N3/c1-8-13-26(25(5)31(7)24(4)20-30-21-29-6)19-28(14-11-9-10-12-15-28)27-17-22(2)16-23(3)18-27/h8,13,16-18,21,24H,1,5,9-12,14-15,19-20H2,2-4,6-7H3,(H,29,30)/b26-13+. The number of hydrogen-bond donors (Lipinski definition) is 1. The first-order valence-corrected chi connectivity index (χ1v) is 11.8. The van der Waals surface area contributed by atoms with E-state index in [-0.39, 0.29) is 5.41 Å². The zero-order valence-electron chi connectivity index (χ0n) is 20.5. The van der Waals surface area contributed by atoms with Gasteiger partial charge < -0.3 is 10.2 Å². The first-order valence-electron chi connectivity index (χ1n) is 11.8. The third kappa shape index (κ3) is 6.85. The van der Waals surface area contributed by atoms with Crippen molar-refractivity contribution >= 4 is 6.34 Å². The third-order valence-electron chi connectivity index (χ3n) is 6.83. The number of hydrogen-bond acceptors (Lipinski definition) is 2. The molecule has 0 heterocycles. The molecule has 1 atom stereocenters. The van der Waals surface area contributed by atoms with Crippen LogP contribution in [0.2, 0.25) is 0 Å². The van der Waals surface area contributed by atoms with E-state index in [4.69, 9.17) is 0 Å². The summed E-state index contributed by atoms with van der Waals surface area (Å²) in [6.45, 7) is 16.0. The number of rotatable bonds is 10. The maximum atomic E-state index is 4.52. The topological polar surface area (TPSA) is 27.6 Å². The molecule has 0 saturated heterocycles. The first kappa shape index (κ1) is 25.0. The number of nitrogens with zero attached hydrogens (tertiary/aromatic N) is 2. The Morgan fingerprint density at radius 1 is 1.16 bits per heavy atom. The second kappa shape index (κ2) is 11.9. The summed E-state index contributed by atoms with van der Waals surface area (Å²) in [6, 6.07) is 7.44. The van der Waals surface area contributed by atoms with Crippen LogP contribution in [0.15, 0.2) is 59.8 Å². The van der Waals surface area contributed by atoms with Crippen molar-refractivity contribution < 1.29 is 0 Å². The monoisotopic (exact) mass is 421 g/mol. The van der Waals surface area contributed by atoms with E-state index < -0.39 is 0 Å². The van der Waals surface area contributed by atoms with Crippen LogP contribution in [0.1, 0.15) is 68.6 Å². The number of aliphatic imine (C=N–C) groups is 1. The van der Waals surface area contributed by atoms with Crippen molar-refractivity contribution in [2.75, 3.05) is 20.6 Å². The highest BCUT2D eigenvalue weighted by Crippen LogP contribution is 2.45. The van der Waals surface area contributed by atoms with E-state index >= 15 is 0 Å². The van der Waals surface area contributed by atoms with Crippen molar-refractivity contribution in [2.24, 2.45) is 4.99 Å². The molecule has 1 fully saturated rings. The molecule has 1 aromatic carbocycles. The summed E-state index contributed by atoms with van der Waals surface area (Å²) in [6.07, 6.45) is 14.6. The lowest BCUT2D eigenvalue weighted by Gasteiger charge is -2.38. The highest BCUT2D eigenvalue weighted by molar-refractivity contribution is 5.53. The fourth-order valence-electron chi connectivity index (χ4n) is 4.96. The van der Waals surface area contributed by atoms with Gasteiger partial charge in [0.25, 0.3) is 0 Å². The van der Waals surface area contributed by atoms with Crippen LogP contribution in [0.25, 0.3) is 0 Å². The Labute approximate surface area is 191 Å². The summed E-state index contributed by atoms with van der Waals surface area (Å²) in [5.41, 5.74) is 6.79. The van der Waals surface area contributed by atoms with Crippen molar-refractivity contribution in [1.29, 1.82) is 0 Å². The van der Waals surface area contributed by atoms with Gasteiger partial charge in [-0.05, 0) is 56.6 Å². The van der Waals surface area contributed by atoms with Crippen molar-refractivity contribution in [3.05, 3.63) is 71.5 Å². The molecular weight excluding hydrogens is 378 g/mol. The molecule has 0 amide bonds. The van der Waals surface area contributed by atoms with Crippen molar-refractivity contribution in [3.8, 4) is 0 Å². The minimum absolute atomic E-state index is 0.169. The molecule has 0 spiro atoms. The Morgan fingerprint density at radius 3 is 2.32 bits per heavy atom. The molecule has 1 aliphatic rings. The van der Waals surface area contributed by atoms with E-state index in [2.05, 4.69) is 80.5 Å². The van der Waals surface area contributed by atoms with Crippen LogP contribution in [0.3, 0.4) is 0 Å². The Bertz CT molecular complexity index is 774. The van der Waals surface area contributed by atoms with E-state index in [0.29, 0.717) is 6.04 Å². The highest BCUT2D eigenvalue weighted by atomic mass is 15.2. The van der Waals surface area contributed by atoms with Crippen LogP contribution < -0.4 is 5.32 Å². The second-order valence-corrected chi connectivity index (χ2v) is 9.38. The molecular formula is C28H43N3. The summed E-state index contributed by atoms with van der Waals surface area (Å²) in [7, 11) is 3.93. The molecule has 0 aromatic heterocycles. The van der Waals surface area contributed by atoms with Gasteiger partial charge in [-0.25, -0.2) is 0 Å². The molecule has 2 rings (SSSR count). The Kier molecular flexibility index (Phi) is 9.61. The second-order valence-electron chi connectivity index (χ2n) is 9.38. The molecule has 0 aliphatic heterocycles. The van der Waals surface area contributed by atoms with Gasteiger partial charge in [-0.2, -0.15) is 0 Å². The number of benzene rings is 1. The highest BCUT2D eigenvalue weighted by Gasteiger charge is 2.35. The summed E-state index contributed by atoms with van der Waals surface area (Å²) in [4.78, 5) is 6.31. The maximum absolute atomic E-state index is 4.52. The lowest BCUT2D eigenvalue weighted by atomic mass is 9.69. The molecule has 3 heteroatoms. The molecule has 1 aliphatic carbocycles. The summed E-state index contributed by atoms with van der Waals surface area (Å²) >= 11 is 0. The van der Waals surface area contributed by atoms with Gasteiger partial charge in [-0.15, -0.1) is 0 Å². The van der Waals surface area contributed by atoms with Gasteiger partial charge in [0.15, 0.2) is 0 Å². The van der Waals surface area contributed by atoms with E-state index in [1.165, 1.54) is 60.8 Å². The van der Waals surface area contributed by atoms with Crippen molar-refractivity contribution in [3.63, 3.8) is 0 Å². The van der Waals surface area contributed by atoms with E-state index in [1.54, 1.807) is 13.4 Å². The third-order valence-corrected chi connectivity index (χ3v) is 6.83. The van der Waals surface area contributed by atoms with Gasteiger partial charge in [0, 0.05) is 32.4 Å². The number of likely N-dealkylation sites (N-methyl/N-ethyl adjacent to an activating group) is 1. The minimum Gasteiger partial charge on any atom is -0.374 e. The first-order chi connectivity index (χ1) is 14.8. The van der Waals surface area contributed by atoms with Crippen LogP contribution in [0.4, 0.5) is 0 Å². The predicted molar refractivity (Wildman–Crippen MR) is 137 cm³/mol. The molecule has 0 bridgehead atoms. The quantitative estimate of drug-likeness (QED) is 0.203. The molecule has 0 radical (unpaired) electrons. The lowest BCUT2D eigenvalue weighted by molar-refractivity contribution is 0.314. The molecule has 170 valence electrons. The van der Waals surface area contributed by atoms with Gasteiger partial charge in [-0.1, -0.05) is 80.3 Å². The normalized spacial score (nSPS) is 17.8. The van der Waals surface area contributed by atoms with Gasteiger partial charge in [0.05, 0.1) is 6.34 Å².